The standard InChI is InChI=1S/C16H14N4O/c17-13-6-2-1-5-12(13)16(21)19-14-7-3-4-8-15(14)20-10-9-18-11-20/h1-11H,17H2,(H,19,21). The van der Waals surface area contributed by atoms with Gasteiger partial charge in [0.1, 0.15) is 0 Å². The van der Waals surface area contributed by atoms with Crippen LogP contribution in [-0.2, 0) is 0 Å². The molecule has 3 rings (SSSR count). The Morgan fingerprint density at radius 1 is 1.10 bits per heavy atom. The number of nitrogens with one attached hydrogen (secondary N) is 1. The van der Waals surface area contributed by atoms with Crippen molar-refractivity contribution in [3.8, 4) is 5.69 Å². The summed E-state index contributed by atoms with van der Waals surface area (Å²) in [7, 11) is 0. The number of rotatable bonds is 3. The van der Waals surface area contributed by atoms with Crippen molar-refractivity contribution in [3.05, 3.63) is 72.8 Å². The molecule has 0 aliphatic rings. The third-order valence-electron chi connectivity index (χ3n) is 3.14. The van der Waals surface area contributed by atoms with Gasteiger partial charge >= 0.3 is 0 Å². The third-order valence-corrected chi connectivity index (χ3v) is 3.14. The molecule has 0 fully saturated rings. The average molecular weight is 278 g/mol. The predicted molar refractivity (Wildman–Crippen MR) is 82.4 cm³/mol. The fourth-order valence-electron chi connectivity index (χ4n) is 2.10. The van der Waals surface area contributed by atoms with Gasteiger partial charge in [0.15, 0.2) is 0 Å². The van der Waals surface area contributed by atoms with E-state index in [0.29, 0.717) is 16.9 Å². The highest BCUT2D eigenvalue weighted by Gasteiger charge is 2.11. The van der Waals surface area contributed by atoms with Gasteiger partial charge in [-0.25, -0.2) is 4.98 Å². The lowest BCUT2D eigenvalue weighted by atomic mass is 10.1. The summed E-state index contributed by atoms with van der Waals surface area (Å²) in [6, 6.07) is 14.5. The Morgan fingerprint density at radius 3 is 2.62 bits per heavy atom. The Morgan fingerprint density at radius 2 is 1.86 bits per heavy atom. The van der Waals surface area contributed by atoms with Crippen LogP contribution in [0.15, 0.2) is 67.3 Å². The number of amides is 1. The van der Waals surface area contributed by atoms with Gasteiger partial charge in [0.2, 0.25) is 0 Å². The summed E-state index contributed by atoms with van der Waals surface area (Å²) in [5.74, 6) is -0.235. The first-order valence-electron chi connectivity index (χ1n) is 6.49. The number of nitrogen functional groups attached to an aromatic ring is 1. The summed E-state index contributed by atoms with van der Waals surface area (Å²) in [4.78, 5) is 16.4. The zero-order chi connectivity index (χ0) is 14.7. The number of hydrogen-bond acceptors (Lipinski definition) is 3. The molecule has 0 unspecified atom stereocenters. The molecule has 104 valence electrons. The second kappa shape index (κ2) is 5.50. The Kier molecular flexibility index (Phi) is 3.39. The molecule has 0 saturated heterocycles. The van der Waals surface area contributed by atoms with Crippen LogP contribution in [0.3, 0.4) is 0 Å². The van der Waals surface area contributed by atoms with E-state index in [1.165, 1.54) is 0 Å². The van der Waals surface area contributed by atoms with Crippen LogP contribution >= 0.6 is 0 Å². The van der Waals surface area contributed by atoms with Crippen LogP contribution < -0.4 is 11.1 Å². The number of hydrogen-bond donors (Lipinski definition) is 2. The van der Waals surface area contributed by atoms with E-state index in [1.54, 1.807) is 36.8 Å². The topological polar surface area (TPSA) is 72.9 Å². The molecule has 0 saturated carbocycles. The number of anilines is 2. The average Bonchev–Trinajstić information content (AvgIpc) is 3.02. The van der Waals surface area contributed by atoms with Crippen molar-refractivity contribution in [1.29, 1.82) is 0 Å². The molecule has 5 heteroatoms. The first-order valence-corrected chi connectivity index (χ1v) is 6.49. The van der Waals surface area contributed by atoms with Gasteiger partial charge in [0.05, 0.1) is 23.3 Å². The maximum absolute atomic E-state index is 12.3. The van der Waals surface area contributed by atoms with E-state index >= 15 is 0 Å². The van der Waals surface area contributed by atoms with Crippen LogP contribution in [0.5, 0.6) is 0 Å². The van der Waals surface area contributed by atoms with Gasteiger partial charge in [-0.1, -0.05) is 24.3 Å². The van der Waals surface area contributed by atoms with Crippen molar-refractivity contribution in [2.45, 2.75) is 0 Å². The van der Waals surface area contributed by atoms with E-state index in [4.69, 9.17) is 5.73 Å². The maximum atomic E-state index is 12.3. The number of nitrogens with two attached hydrogens (primary N) is 1. The molecule has 1 heterocycles. The molecular weight excluding hydrogens is 264 g/mol. The van der Waals surface area contributed by atoms with Gasteiger partial charge < -0.3 is 15.6 Å². The van der Waals surface area contributed by atoms with Crippen LogP contribution in [0, 0.1) is 0 Å². The number of aromatic nitrogens is 2. The molecule has 5 nitrogen and oxygen atoms in total. The number of para-hydroxylation sites is 3. The quantitative estimate of drug-likeness (QED) is 0.723. The summed E-state index contributed by atoms with van der Waals surface area (Å²) in [5, 5.41) is 2.89. The molecule has 0 atom stereocenters. The summed E-state index contributed by atoms with van der Waals surface area (Å²) in [6.45, 7) is 0. The normalized spacial score (nSPS) is 10.3. The van der Waals surface area contributed by atoms with Crippen molar-refractivity contribution >= 4 is 17.3 Å². The molecule has 0 spiro atoms. The summed E-state index contributed by atoms with van der Waals surface area (Å²) in [6.07, 6.45) is 5.19. The van der Waals surface area contributed by atoms with Crippen molar-refractivity contribution in [1.82, 2.24) is 9.55 Å². The van der Waals surface area contributed by atoms with Crippen molar-refractivity contribution in [3.63, 3.8) is 0 Å². The van der Waals surface area contributed by atoms with E-state index in [-0.39, 0.29) is 5.91 Å². The van der Waals surface area contributed by atoms with Gasteiger partial charge in [0, 0.05) is 18.1 Å². The molecule has 3 aromatic rings. The minimum atomic E-state index is -0.235. The molecule has 0 radical (unpaired) electrons. The molecule has 0 aliphatic carbocycles. The second-order valence-corrected chi connectivity index (χ2v) is 4.53. The van der Waals surface area contributed by atoms with E-state index < -0.39 is 0 Å². The molecule has 0 bridgehead atoms. The minimum absolute atomic E-state index is 0.235. The fourth-order valence-corrected chi connectivity index (χ4v) is 2.10. The summed E-state index contributed by atoms with van der Waals surface area (Å²) >= 11 is 0. The van der Waals surface area contributed by atoms with Crippen molar-refractivity contribution < 1.29 is 4.79 Å². The Hall–Kier alpha value is -3.08. The molecular formula is C16H14N4O. The SMILES string of the molecule is Nc1ccccc1C(=O)Nc1ccccc1-n1ccnc1. The Bertz CT molecular complexity index is 765. The third kappa shape index (κ3) is 2.62. The molecule has 1 amide bonds. The Balaban J connectivity index is 1.93. The zero-order valence-corrected chi connectivity index (χ0v) is 11.2. The summed E-state index contributed by atoms with van der Waals surface area (Å²) in [5.41, 5.74) is 8.29. The van der Waals surface area contributed by atoms with Crippen LogP contribution in [-0.4, -0.2) is 15.5 Å². The number of imidazole rings is 1. The van der Waals surface area contributed by atoms with Crippen LogP contribution in [0.2, 0.25) is 0 Å². The molecule has 3 N–H and O–H groups in total. The molecule has 21 heavy (non-hydrogen) atoms. The van der Waals surface area contributed by atoms with Crippen LogP contribution in [0.1, 0.15) is 10.4 Å². The first-order chi connectivity index (χ1) is 10.3. The second-order valence-electron chi connectivity index (χ2n) is 4.53. The van der Waals surface area contributed by atoms with Crippen LogP contribution in [0.25, 0.3) is 5.69 Å². The molecule has 2 aromatic carbocycles. The van der Waals surface area contributed by atoms with Crippen molar-refractivity contribution in [2.24, 2.45) is 0 Å². The zero-order valence-electron chi connectivity index (χ0n) is 11.2. The summed E-state index contributed by atoms with van der Waals surface area (Å²) < 4.78 is 1.84. The molecule has 0 aliphatic heterocycles. The predicted octanol–water partition coefficient (Wildman–Crippen LogP) is 2.71. The van der Waals surface area contributed by atoms with E-state index in [9.17, 15) is 4.79 Å². The lowest BCUT2D eigenvalue weighted by molar-refractivity contribution is 0.102. The lowest BCUT2D eigenvalue weighted by Gasteiger charge is -2.12. The number of carbonyl (C=O) groups excluding carboxylic acids is 1. The molecule has 1 aromatic heterocycles. The van der Waals surface area contributed by atoms with Gasteiger partial charge in [-0.15, -0.1) is 0 Å². The van der Waals surface area contributed by atoms with Crippen LogP contribution in [0.4, 0.5) is 11.4 Å². The smallest absolute Gasteiger partial charge is 0.257 e. The minimum Gasteiger partial charge on any atom is -0.398 e. The lowest BCUT2D eigenvalue weighted by Crippen LogP contribution is -2.15. The highest BCUT2D eigenvalue weighted by atomic mass is 16.1. The number of benzene rings is 2. The van der Waals surface area contributed by atoms with Gasteiger partial charge in [0.25, 0.3) is 5.91 Å². The largest absolute Gasteiger partial charge is 0.398 e. The number of carbonyl (C=O) groups is 1. The van der Waals surface area contributed by atoms with Gasteiger partial charge in [-0.3, -0.25) is 4.79 Å². The van der Waals surface area contributed by atoms with E-state index in [1.807, 2.05) is 35.0 Å². The first kappa shape index (κ1) is 12.9. The van der Waals surface area contributed by atoms with Gasteiger partial charge in [-0.05, 0) is 24.3 Å². The van der Waals surface area contributed by atoms with Crippen molar-refractivity contribution in [2.75, 3.05) is 11.1 Å². The van der Waals surface area contributed by atoms with E-state index in [2.05, 4.69) is 10.3 Å². The highest BCUT2D eigenvalue weighted by molar-refractivity contribution is 6.08. The highest BCUT2D eigenvalue weighted by Crippen LogP contribution is 2.21. The maximum Gasteiger partial charge on any atom is 0.257 e. The van der Waals surface area contributed by atoms with E-state index in [0.717, 1.165) is 5.69 Å². The fraction of sp³-hybridized carbons (Fsp3) is 0. The monoisotopic (exact) mass is 278 g/mol. The van der Waals surface area contributed by atoms with Gasteiger partial charge in [-0.2, -0.15) is 0 Å². The Labute approximate surface area is 122 Å². The number of nitrogens with zero attached hydrogens (tertiary/aromatic N) is 2.